The molecule has 0 atom stereocenters. The molecule has 1 saturated carbocycles. The van der Waals surface area contributed by atoms with Crippen LogP contribution in [0, 0.1) is 0 Å². The molecule has 0 spiro atoms. The predicted octanol–water partition coefficient (Wildman–Crippen LogP) is 2.10. The molecule has 0 bridgehead atoms. The molecule has 2 heteroatoms. The highest BCUT2D eigenvalue weighted by atomic mass is 16.5. The molecule has 1 heterocycles. The normalized spacial score (nSPS) is 23.0. The van der Waals surface area contributed by atoms with Gasteiger partial charge in [-0.25, -0.2) is 0 Å². The lowest BCUT2D eigenvalue weighted by Crippen LogP contribution is -2.43. The van der Waals surface area contributed by atoms with Gasteiger partial charge in [0.2, 0.25) is 0 Å². The van der Waals surface area contributed by atoms with Crippen LogP contribution in [0.3, 0.4) is 0 Å². The fourth-order valence-corrected chi connectivity index (χ4v) is 2.52. The average Bonchev–Trinajstić information content (AvgIpc) is 2.25. The highest BCUT2D eigenvalue weighted by Crippen LogP contribution is 2.39. The maximum absolute atomic E-state index is 6.33. The number of rotatable bonds is 1. The monoisotopic (exact) mass is 203 g/mol. The van der Waals surface area contributed by atoms with Gasteiger partial charge in [-0.3, -0.25) is 0 Å². The third-order valence-corrected chi connectivity index (χ3v) is 3.80. The molecule has 2 nitrogen and oxygen atoms in total. The predicted molar refractivity (Wildman–Crippen MR) is 59.5 cm³/mol. The van der Waals surface area contributed by atoms with Gasteiger partial charge in [-0.2, -0.15) is 0 Å². The zero-order valence-electron chi connectivity index (χ0n) is 8.96. The SMILES string of the molecule is NC1(c2ccc3c(c2)CCOC3)CCC1. The number of hydrogen-bond donors (Lipinski definition) is 1. The van der Waals surface area contributed by atoms with Gasteiger partial charge in [-0.1, -0.05) is 18.2 Å². The molecule has 0 radical (unpaired) electrons. The molecular weight excluding hydrogens is 186 g/mol. The van der Waals surface area contributed by atoms with E-state index in [4.69, 9.17) is 10.5 Å². The quantitative estimate of drug-likeness (QED) is 0.758. The van der Waals surface area contributed by atoms with Crippen LogP contribution in [-0.2, 0) is 23.3 Å². The number of nitrogens with two attached hydrogens (primary N) is 1. The summed E-state index contributed by atoms with van der Waals surface area (Å²) in [6, 6.07) is 6.68. The highest BCUT2D eigenvalue weighted by molar-refractivity contribution is 5.37. The van der Waals surface area contributed by atoms with Crippen LogP contribution in [0.4, 0.5) is 0 Å². The van der Waals surface area contributed by atoms with Crippen molar-refractivity contribution in [2.75, 3.05) is 6.61 Å². The van der Waals surface area contributed by atoms with Crippen LogP contribution in [-0.4, -0.2) is 6.61 Å². The summed E-state index contributed by atoms with van der Waals surface area (Å²) < 4.78 is 5.43. The summed E-state index contributed by atoms with van der Waals surface area (Å²) in [5, 5.41) is 0. The molecule has 1 aromatic carbocycles. The van der Waals surface area contributed by atoms with Crippen LogP contribution in [0.5, 0.6) is 0 Å². The van der Waals surface area contributed by atoms with E-state index in [2.05, 4.69) is 18.2 Å². The molecule has 1 aliphatic carbocycles. The zero-order chi connectivity index (χ0) is 10.3. The third kappa shape index (κ3) is 1.48. The Morgan fingerprint density at radius 2 is 2.07 bits per heavy atom. The first-order valence-electron chi connectivity index (χ1n) is 5.77. The smallest absolute Gasteiger partial charge is 0.0719 e. The molecule has 0 saturated heterocycles. The van der Waals surface area contributed by atoms with E-state index >= 15 is 0 Å². The number of ether oxygens (including phenoxy) is 1. The summed E-state index contributed by atoms with van der Waals surface area (Å²) >= 11 is 0. The van der Waals surface area contributed by atoms with Gasteiger partial charge in [0.05, 0.1) is 13.2 Å². The maximum Gasteiger partial charge on any atom is 0.0719 e. The van der Waals surface area contributed by atoms with Crippen LogP contribution < -0.4 is 5.73 Å². The third-order valence-electron chi connectivity index (χ3n) is 3.80. The van der Waals surface area contributed by atoms with Gasteiger partial charge < -0.3 is 10.5 Å². The van der Waals surface area contributed by atoms with Crippen molar-refractivity contribution in [3.8, 4) is 0 Å². The van der Waals surface area contributed by atoms with Gasteiger partial charge >= 0.3 is 0 Å². The molecule has 0 unspecified atom stereocenters. The molecule has 3 rings (SSSR count). The molecule has 1 aromatic rings. The minimum absolute atomic E-state index is 0.0205. The molecule has 0 amide bonds. The Labute approximate surface area is 90.4 Å². The first kappa shape index (κ1) is 9.37. The zero-order valence-corrected chi connectivity index (χ0v) is 8.96. The number of benzene rings is 1. The lowest BCUT2D eigenvalue weighted by Gasteiger charge is -2.39. The van der Waals surface area contributed by atoms with E-state index in [0.29, 0.717) is 0 Å². The Balaban J connectivity index is 1.97. The van der Waals surface area contributed by atoms with Crippen molar-refractivity contribution in [2.24, 2.45) is 5.73 Å². The highest BCUT2D eigenvalue weighted by Gasteiger charge is 2.34. The van der Waals surface area contributed by atoms with Crippen LogP contribution in [0.25, 0.3) is 0 Å². The molecule has 0 aromatic heterocycles. The second kappa shape index (κ2) is 3.32. The van der Waals surface area contributed by atoms with Crippen molar-refractivity contribution >= 4 is 0 Å². The van der Waals surface area contributed by atoms with E-state index in [1.165, 1.54) is 23.1 Å². The van der Waals surface area contributed by atoms with Gasteiger partial charge in [-0.05, 0) is 42.4 Å². The summed E-state index contributed by atoms with van der Waals surface area (Å²) in [5.41, 5.74) is 10.4. The van der Waals surface area contributed by atoms with Crippen molar-refractivity contribution in [2.45, 2.75) is 37.8 Å². The first-order chi connectivity index (χ1) is 7.28. The van der Waals surface area contributed by atoms with Crippen molar-refractivity contribution in [3.05, 3.63) is 34.9 Å². The Kier molecular flexibility index (Phi) is 2.08. The van der Waals surface area contributed by atoms with Crippen molar-refractivity contribution in [1.29, 1.82) is 0 Å². The fraction of sp³-hybridized carbons (Fsp3) is 0.538. The van der Waals surface area contributed by atoms with Gasteiger partial charge in [0.1, 0.15) is 0 Å². The first-order valence-corrected chi connectivity index (χ1v) is 5.77. The minimum Gasteiger partial charge on any atom is -0.376 e. The summed E-state index contributed by atoms with van der Waals surface area (Å²) in [5.74, 6) is 0. The molecule has 2 aliphatic rings. The minimum atomic E-state index is -0.0205. The van der Waals surface area contributed by atoms with Crippen LogP contribution >= 0.6 is 0 Å². The van der Waals surface area contributed by atoms with E-state index in [0.717, 1.165) is 32.5 Å². The van der Waals surface area contributed by atoms with E-state index in [9.17, 15) is 0 Å². The second-order valence-corrected chi connectivity index (χ2v) is 4.80. The van der Waals surface area contributed by atoms with Crippen molar-refractivity contribution in [1.82, 2.24) is 0 Å². The lowest BCUT2D eigenvalue weighted by atomic mass is 9.72. The second-order valence-electron chi connectivity index (χ2n) is 4.80. The average molecular weight is 203 g/mol. The fourth-order valence-electron chi connectivity index (χ4n) is 2.52. The summed E-state index contributed by atoms with van der Waals surface area (Å²) in [6.45, 7) is 1.63. The van der Waals surface area contributed by atoms with Crippen LogP contribution in [0.15, 0.2) is 18.2 Å². The van der Waals surface area contributed by atoms with Gasteiger partial charge in [0.25, 0.3) is 0 Å². The van der Waals surface area contributed by atoms with Crippen LogP contribution in [0.2, 0.25) is 0 Å². The van der Waals surface area contributed by atoms with Crippen molar-refractivity contribution in [3.63, 3.8) is 0 Å². The molecule has 80 valence electrons. The number of fused-ring (bicyclic) bond motifs is 1. The van der Waals surface area contributed by atoms with Gasteiger partial charge in [-0.15, -0.1) is 0 Å². The molecule has 1 aliphatic heterocycles. The topological polar surface area (TPSA) is 35.2 Å². The van der Waals surface area contributed by atoms with E-state index in [1.54, 1.807) is 0 Å². The van der Waals surface area contributed by atoms with E-state index in [-0.39, 0.29) is 5.54 Å². The standard InChI is InChI=1S/C13H17NO/c14-13(5-1-6-13)12-3-2-11-9-15-7-4-10(11)8-12/h2-3,8H,1,4-7,9,14H2. The Morgan fingerprint density at radius 3 is 2.80 bits per heavy atom. The largest absolute Gasteiger partial charge is 0.376 e. The lowest BCUT2D eigenvalue weighted by molar-refractivity contribution is 0.110. The molecule has 2 N–H and O–H groups in total. The number of hydrogen-bond acceptors (Lipinski definition) is 2. The van der Waals surface area contributed by atoms with Crippen LogP contribution in [0.1, 0.15) is 36.0 Å². The van der Waals surface area contributed by atoms with E-state index < -0.39 is 0 Å². The molecular formula is C13H17NO. The van der Waals surface area contributed by atoms with E-state index in [1.807, 2.05) is 0 Å². The summed E-state index contributed by atoms with van der Waals surface area (Å²) in [7, 11) is 0. The van der Waals surface area contributed by atoms with Gasteiger partial charge in [0, 0.05) is 5.54 Å². The maximum atomic E-state index is 6.33. The Bertz CT molecular complexity index is 382. The molecule has 15 heavy (non-hydrogen) atoms. The summed E-state index contributed by atoms with van der Waals surface area (Å²) in [6.07, 6.45) is 4.60. The van der Waals surface area contributed by atoms with Crippen molar-refractivity contribution < 1.29 is 4.74 Å². The molecule has 1 fully saturated rings. The summed E-state index contributed by atoms with van der Waals surface area (Å²) in [4.78, 5) is 0. The van der Waals surface area contributed by atoms with Gasteiger partial charge in [0.15, 0.2) is 0 Å². The Hall–Kier alpha value is -0.860. The Morgan fingerprint density at radius 1 is 1.20 bits per heavy atom.